The van der Waals surface area contributed by atoms with E-state index in [0.29, 0.717) is 11.3 Å². The summed E-state index contributed by atoms with van der Waals surface area (Å²) in [4.78, 5) is 23.8. The molecule has 0 saturated heterocycles. The molecule has 1 N–H and O–H groups in total. The predicted octanol–water partition coefficient (Wildman–Crippen LogP) is 3.87. The van der Waals surface area contributed by atoms with Gasteiger partial charge in [-0.15, -0.1) is 13.2 Å². The third-order valence-electron chi connectivity index (χ3n) is 4.17. The van der Waals surface area contributed by atoms with Crippen LogP contribution in [0.2, 0.25) is 0 Å². The van der Waals surface area contributed by atoms with E-state index in [9.17, 15) is 22.8 Å². The Morgan fingerprint density at radius 2 is 1.71 bits per heavy atom. The summed E-state index contributed by atoms with van der Waals surface area (Å²) in [6.45, 7) is -0.120. The van der Waals surface area contributed by atoms with Crippen LogP contribution in [0, 0.1) is 5.92 Å². The van der Waals surface area contributed by atoms with Crippen molar-refractivity contribution in [3.63, 3.8) is 0 Å². The molecule has 0 unspecified atom stereocenters. The first-order valence-electron chi connectivity index (χ1n) is 8.69. The molecule has 1 amide bonds. The van der Waals surface area contributed by atoms with E-state index in [4.69, 9.17) is 4.74 Å². The molecule has 2 aromatic carbocycles. The van der Waals surface area contributed by atoms with E-state index in [2.05, 4.69) is 10.1 Å². The van der Waals surface area contributed by atoms with Crippen LogP contribution in [0.25, 0.3) is 0 Å². The fraction of sp³-hybridized carbons (Fsp3) is 0.300. The Labute approximate surface area is 159 Å². The third-order valence-corrected chi connectivity index (χ3v) is 4.17. The zero-order chi connectivity index (χ0) is 20.1. The van der Waals surface area contributed by atoms with E-state index in [-0.39, 0.29) is 36.2 Å². The van der Waals surface area contributed by atoms with Gasteiger partial charge in [0.05, 0.1) is 0 Å². The van der Waals surface area contributed by atoms with Crippen LogP contribution in [-0.2, 0) is 11.3 Å². The van der Waals surface area contributed by atoms with Crippen molar-refractivity contribution >= 4 is 11.7 Å². The molecule has 1 aliphatic rings. The largest absolute Gasteiger partial charge is 0.573 e. The molecular formula is C20H18F3NO4. The Bertz CT molecular complexity index is 845. The molecule has 5 nitrogen and oxygen atoms in total. The van der Waals surface area contributed by atoms with E-state index >= 15 is 0 Å². The Hall–Kier alpha value is -3.03. The number of nitrogens with one attached hydrogen (secondary N) is 1. The summed E-state index contributed by atoms with van der Waals surface area (Å²) in [5.74, 6) is -0.160. The molecule has 0 aromatic heterocycles. The topological polar surface area (TPSA) is 64.6 Å². The molecule has 0 heterocycles. The highest BCUT2D eigenvalue weighted by Gasteiger charge is 2.32. The minimum Gasteiger partial charge on any atom is -0.486 e. The lowest BCUT2D eigenvalue weighted by molar-refractivity contribution is -0.274. The van der Waals surface area contributed by atoms with Gasteiger partial charge in [-0.05, 0) is 43.2 Å². The van der Waals surface area contributed by atoms with Crippen molar-refractivity contribution in [2.75, 3.05) is 6.61 Å². The quantitative estimate of drug-likeness (QED) is 0.740. The van der Waals surface area contributed by atoms with Crippen LogP contribution in [0.3, 0.4) is 0 Å². The van der Waals surface area contributed by atoms with Gasteiger partial charge in [0.1, 0.15) is 18.1 Å². The lowest BCUT2D eigenvalue weighted by Crippen LogP contribution is -2.24. The summed E-state index contributed by atoms with van der Waals surface area (Å²) < 4.78 is 46.7. The van der Waals surface area contributed by atoms with Gasteiger partial charge in [-0.3, -0.25) is 9.59 Å². The fourth-order valence-electron chi connectivity index (χ4n) is 2.53. The molecule has 1 fully saturated rings. The van der Waals surface area contributed by atoms with E-state index < -0.39 is 12.3 Å². The number of para-hydroxylation sites is 1. The number of alkyl halides is 3. The van der Waals surface area contributed by atoms with Crippen LogP contribution in [0.4, 0.5) is 13.2 Å². The second-order valence-corrected chi connectivity index (χ2v) is 6.39. The standard InChI is InChI=1S/C20H18F3NO4/c21-20(22,23)28-18-4-2-1-3-15(18)11-24-19(26)14-7-9-16(10-8-14)27-12-17(25)13-5-6-13/h1-4,7-10,13H,5-6,11-12H2,(H,24,26). The van der Waals surface area contributed by atoms with Crippen LogP contribution < -0.4 is 14.8 Å². The van der Waals surface area contributed by atoms with Crippen LogP contribution in [-0.4, -0.2) is 24.7 Å². The maximum absolute atomic E-state index is 12.4. The second kappa shape index (κ2) is 8.33. The minimum atomic E-state index is -4.81. The Morgan fingerprint density at radius 1 is 1.04 bits per heavy atom. The zero-order valence-electron chi connectivity index (χ0n) is 14.8. The van der Waals surface area contributed by atoms with Crippen LogP contribution in [0.5, 0.6) is 11.5 Å². The molecule has 8 heteroatoms. The Morgan fingerprint density at radius 3 is 2.36 bits per heavy atom. The molecule has 3 rings (SSSR count). The third kappa shape index (κ3) is 5.73. The van der Waals surface area contributed by atoms with Crippen molar-refractivity contribution in [3.05, 3.63) is 59.7 Å². The van der Waals surface area contributed by atoms with Crippen molar-refractivity contribution in [3.8, 4) is 11.5 Å². The van der Waals surface area contributed by atoms with E-state index in [1.807, 2.05) is 0 Å². The molecule has 2 aromatic rings. The first-order chi connectivity index (χ1) is 13.3. The summed E-state index contributed by atoms with van der Waals surface area (Å²) in [7, 11) is 0. The number of carbonyl (C=O) groups excluding carboxylic acids is 2. The lowest BCUT2D eigenvalue weighted by atomic mass is 10.1. The monoisotopic (exact) mass is 393 g/mol. The molecule has 0 aliphatic heterocycles. The highest BCUT2D eigenvalue weighted by molar-refractivity contribution is 5.94. The van der Waals surface area contributed by atoms with Crippen LogP contribution in [0.1, 0.15) is 28.8 Å². The number of ether oxygens (including phenoxy) is 2. The maximum atomic E-state index is 12.4. The summed E-state index contributed by atoms with van der Waals surface area (Å²) in [6.07, 6.45) is -2.98. The molecule has 0 atom stereocenters. The van der Waals surface area contributed by atoms with Crippen molar-refractivity contribution in [1.29, 1.82) is 0 Å². The number of hydrogen-bond donors (Lipinski definition) is 1. The molecule has 28 heavy (non-hydrogen) atoms. The highest BCUT2D eigenvalue weighted by atomic mass is 19.4. The van der Waals surface area contributed by atoms with E-state index in [0.717, 1.165) is 12.8 Å². The average molecular weight is 393 g/mol. The van der Waals surface area contributed by atoms with Gasteiger partial charge in [-0.25, -0.2) is 0 Å². The van der Waals surface area contributed by atoms with Gasteiger partial charge in [0, 0.05) is 23.6 Å². The summed E-state index contributed by atoms with van der Waals surface area (Å²) >= 11 is 0. The average Bonchev–Trinajstić information content (AvgIpc) is 3.49. The van der Waals surface area contributed by atoms with Crippen molar-refractivity contribution in [2.24, 2.45) is 5.92 Å². The number of carbonyl (C=O) groups is 2. The summed E-state index contributed by atoms with van der Waals surface area (Å²) in [6, 6.07) is 11.8. The molecular weight excluding hydrogens is 375 g/mol. The van der Waals surface area contributed by atoms with Crippen molar-refractivity contribution < 1.29 is 32.2 Å². The fourth-order valence-corrected chi connectivity index (χ4v) is 2.53. The van der Waals surface area contributed by atoms with Crippen LogP contribution >= 0.6 is 0 Å². The van der Waals surface area contributed by atoms with Gasteiger partial charge in [0.2, 0.25) is 0 Å². The number of Topliss-reactive ketones (excluding diaryl/α,β-unsaturated/α-hetero) is 1. The van der Waals surface area contributed by atoms with Crippen molar-refractivity contribution in [2.45, 2.75) is 25.7 Å². The summed E-state index contributed by atoms with van der Waals surface area (Å²) in [5, 5.41) is 2.55. The zero-order valence-corrected chi connectivity index (χ0v) is 14.8. The van der Waals surface area contributed by atoms with Crippen LogP contribution in [0.15, 0.2) is 48.5 Å². The van der Waals surface area contributed by atoms with Gasteiger partial charge in [-0.2, -0.15) is 0 Å². The smallest absolute Gasteiger partial charge is 0.486 e. The molecule has 0 radical (unpaired) electrons. The summed E-state index contributed by atoms with van der Waals surface area (Å²) in [5.41, 5.74) is 0.516. The number of benzene rings is 2. The first-order valence-corrected chi connectivity index (χ1v) is 8.69. The molecule has 0 bridgehead atoms. The predicted molar refractivity (Wildman–Crippen MR) is 94.0 cm³/mol. The lowest BCUT2D eigenvalue weighted by Gasteiger charge is -2.13. The minimum absolute atomic E-state index is 0.00615. The number of amides is 1. The molecule has 148 valence electrons. The highest BCUT2D eigenvalue weighted by Crippen LogP contribution is 2.30. The molecule has 0 spiro atoms. The normalized spacial score (nSPS) is 13.7. The first kappa shape index (κ1) is 19.7. The number of hydrogen-bond acceptors (Lipinski definition) is 4. The number of halogens is 3. The van der Waals surface area contributed by atoms with Gasteiger partial charge in [-0.1, -0.05) is 18.2 Å². The molecule has 1 saturated carbocycles. The molecule has 1 aliphatic carbocycles. The Kier molecular flexibility index (Phi) is 5.87. The van der Waals surface area contributed by atoms with Gasteiger partial charge in [0.15, 0.2) is 5.78 Å². The van der Waals surface area contributed by atoms with Crippen molar-refractivity contribution in [1.82, 2.24) is 5.32 Å². The van der Waals surface area contributed by atoms with Gasteiger partial charge >= 0.3 is 6.36 Å². The van der Waals surface area contributed by atoms with E-state index in [1.54, 1.807) is 18.2 Å². The maximum Gasteiger partial charge on any atom is 0.573 e. The number of ketones is 1. The van der Waals surface area contributed by atoms with E-state index in [1.165, 1.54) is 30.3 Å². The van der Waals surface area contributed by atoms with Gasteiger partial charge < -0.3 is 14.8 Å². The Balaban J connectivity index is 1.54. The SMILES string of the molecule is O=C(NCc1ccccc1OC(F)(F)F)c1ccc(OCC(=O)C2CC2)cc1. The number of rotatable bonds is 8. The second-order valence-electron chi connectivity index (χ2n) is 6.39. The van der Waals surface area contributed by atoms with Gasteiger partial charge in [0.25, 0.3) is 5.91 Å².